The fourth-order valence-electron chi connectivity index (χ4n) is 3.14. The van der Waals surface area contributed by atoms with E-state index in [0.29, 0.717) is 25.3 Å². The summed E-state index contributed by atoms with van der Waals surface area (Å²) in [4.78, 5) is 31.5. The molecule has 2 N–H and O–H groups in total. The van der Waals surface area contributed by atoms with Gasteiger partial charge in [-0.1, -0.05) is 12.1 Å². The second-order valence-corrected chi connectivity index (χ2v) is 6.25. The summed E-state index contributed by atoms with van der Waals surface area (Å²) in [6, 6.07) is 7.53. The van der Waals surface area contributed by atoms with Crippen LogP contribution >= 0.6 is 0 Å². The molecular weight excluding hydrogens is 320 g/mol. The predicted molar refractivity (Wildman–Crippen MR) is 96.8 cm³/mol. The van der Waals surface area contributed by atoms with E-state index < -0.39 is 0 Å². The predicted octanol–water partition coefficient (Wildman–Crippen LogP) is 0.885. The summed E-state index contributed by atoms with van der Waals surface area (Å²) in [7, 11) is 0. The van der Waals surface area contributed by atoms with Crippen LogP contribution in [0.2, 0.25) is 0 Å². The number of carbonyl (C=O) groups is 1. The lowest BCUT2D eigenvalue weighted by molar-refractivity contribution is -0.121. The van der Waals surface area contributed by atoms with Gasteiger partial charge < -0.3 is 19.9 Å². The molecule has 2 heterocycles. The highest BCUT2D eigenvalue weighted by atomic mass is 16.3. The van der Waals surface area contributed by atoms with Gasteiger partial charge in [0.25, 0.3) is 5.56 Å². The number of benzene rings is 1. The zero-order chi connectivity index (χ0) is 17.6. The van der Waals surface area contributed by atoms with Crippen molar-refractivity contribution in [2.24, 2.45) is 0 Å². The van der Waals surface area contributed by atoms with E-state index in [9.17, 15) is 9.59 Å². The summed E-state index contributed by atoms with van der Waals surface area (Å²) in [6.45, 7) is 2.51. The molecule has 1 amide bonds. The summed E-state index contributed by atoms with van der Waals surface area (Å²) in [5, 5.41) is 11.5. The third-order valence-electron chi connectivity index (χ3n) is 4.46. The van der Waals surface area contributed by atoms with Crippen LogP contribution in [0.4, 0.5) is 5.82 Å². The minimum absolute atomic E-state index is 0.0495. The van der Waals surface area contributed by atoms with E-state index in [2.05, 4.69) is 10.3 Å². The Morgan fingerprint density at radius 1 is 1.24 bits per heavy atom. The number of fused-ring (bicyclic) bond motifs is 1. The maximum Gasteiger partial charge on any atom is 0.294 e. The quantitative estimate of drug-likeness (QED) is 0.728. The van der Waals surface area contributed by atoms with Gasteiger partial charge in [-0.2, -0.15) is 0 Å². The molecule has 1 aromatic carbocycles. The van der Waals surface area contributed by atoms with Crippen molar-refractivity contribution >= 4 is 22.8 Å². The minimum Gasteiger partial charge on any atom is -0.396 e. The number of aliphatic hydroxyl groups is 1. The SMILES string of the molecule is O=C(CCn1c(=O)c(N2CCCC2)nc2ccccc21)NCCCO. The summed E-state index contributed by atoms with van der Waals surface area (Å²) >= 11 is 0. The van der Waals surface area contributed by atoms with Crippen molar-refractivity contribution in [3.8, 4) is 0 Å². The first-order valence-electron chi connectivity index (χ1n) is 8.83. The smallest absolute Gasteiger partial charge is 0.294 e. The number of nitrogens with one attached hydrogen (secondary N) is 1. The van der Waals surface area contributed by atoms with Gasteiger partial charge in [-0.15, -0.1) is 0 Å². The van der Waals surface area contributed by atoms with Crippen LogP contribution in [0.25, 0.3) is 11.0 Å². The van der Waals surface area contributed by atoms with Crippen molar-refractivity contribution in [3.05, 3.63) is 34.6 Å². The largest absolute Gasteiger partial charge is 0.396 e. The zero-order valence-corrected chi connectivity index (χ0v) is 14.3. The average molecular weight is 344 g/mol. The Hall–Kier alpha value is -2.41. The maximum absolute atomic E-state index is 12.9. The van der Waals surface area contributed by atoms with Gasteiger partial charge in [0.15, 0.2) is 5.82 Å². The topological polar surface area (TPSA) is 87.5 Å². The van der Waals surface area contributed by atoms with Crippen molar-refractivity contribution in [1.82, 2.24) is 14.9 Å². The molecule has 134 valence electrons. The molecule has 0 spiro atoms. The number of para-hydroxylation sites is 2. The summed E-state index contributed by atoms with van der Waals surface area (Å²) in [5.74, 6) is 0.362. The van der Waals surface area contributed by atoms with Crippen LogP contribution in [0.5, 0.6) is 0 Å². The lowest BCUT2D eigenvalue weighted by Gasteiger charge is -2.19. The highest BCUT2D eigenvalue weighted by Crippen LogP contribution is 2.18. The van der Waals surface area contributed by atoms with Crippen LogP contribution in [0, 0.1) is 0 Å². The molecule has 0 saturated carbocycles. The number of nitrogens with zero attached hydrogens (tertiary/aromatic N) is 3. The second-order valence-electron chi connectivity index (χ2n) is 6.25. The first-order valence-corrected chi connectivity index (χ1v) is 8.83. The molecule has 0 aliphatic carbocycles. The number of anilines is 1. The molecule has 1 aliphatic rings. The van der Waals surface area contributed by atoms with E-state index in [0.717, 1.165) is 37.0 Å². The molecule has 3 rings (SSSR count). The Morgan fingerprint density at radius 2 is 2.00 bits per heavy atom. The third-order valence-corrected chi connectivity index (χ3v) is 4.46. The number of rotatable bonds is 7. The van der Waals surface area contributed by atoms with E-state index in [4.69, 9.17) is 5.11 Å². The monoisotopic (exact) mass is 344 g/mol. The Morgan fingerprint density at radius 3 is 2.76 bits per heavy atom. The van der Waals surface area contributed by atoms with Crippen LogP contribution in [0.15, 0.2) is 29.1 Å². The average Bonchev–Trinajstić information content (AvgIpc) is 3.15. The van der Waals surface area contributed by atoms with Crippen molar-refractivity contribution in [2.45, 2.75) is 32.2 Å². The van der Waals surface area contributed by atoms with Gasteiger partial charge in [0.2, 0.25) is 5.91 Å². The second kappa shape index (κ2) is 8.11. The number of amides is 1. The number of hydrogen-bond donors (Lipinski definition) is 2. The van der Waals surface area contributed by atoms with E-state index in [1.54, 1.807) is 4.57 Å². The van der Waals surface area contributed by atoms with Gasteiger partial charge in [0.1, 0.15) is 0 Å². The number of aryl methyl sites for hydroxylation is 1. The lowest BCUT2D eigenvalue weighted by Crippen LogP contribution is -2.33. The van der Waals surface area contributed by atoms with Crippen molar-refractivity contribution in [1.29, 1.82) is 0 Å². The molecule has 1 aromatic heterocycles. The molecule has 0 unspecified atom stereocenters. The Balaban J connectivity index is 1.86. The molecule has 0 atom stereocenters. The van der Waals surface area contributed by atoms with Gasteiger partial charge in [0, 0.05) is 39.2 Å². The fourth-order valence-corrected chi connectivity index (χ4v) is 3.14. The molecule has 1 saturated heterocycles. The summed E-state index contributed by atoms with van der Waals surface area (Å²) < 4.78 is 1.65. The van der Waals surface area contributed by atoms with Gasteiger partial charge >= 0.3 is 0 Å². The van der Waals surface area contributed by atoms with Crippen LogP contribution in [0.1, 0.15) is 25.7 Å². The summed E-state index contributed by atoms with van der Waals surface area (Å²) in [5.41, 5.74) is 1.38. The lowest BCUT2D eigenvalue weighted by atomic mass is 10.2. The Kier molecular flexibility index (Phi) is 5.65. The third kappa shape index (κ3) is 3.99. The van der Waals surface area contributed by atoms with Crippen molar-refractivity contribution in [3.63, 3.8) is 0 Å². The fraction of sp³-hybridized carbons (Fsp3) is 0.500. The molecular formula is C18H24N4O3. The molecule has 7 nitrogen and oxygen atoms in total. The summed E-state index contributed by atoms with van der Waals surface area (Å²) in [6.07, 6.45) is 2.89. The first kappa shape index (κ1) is 17.4. The van der Waals surface area contributed by atoms with Gasteiger partial charge in [-0.05, 0) is 31.4 Å². The minimum atomic E-state index is -0.135. The first-order chi connectivity index (χ1) is 12.2. The highest BCUT2D eigenvalue weighted by molar-refractivity contribution is 5.78. The standard InChI is InChI=1S/C18H24N4O3/c23-13-5-9-19-16(24)8-12-22-15-7-2-1-6-14(15)20-17(18(22)25)21-10-3-4-11-21/h1-2,6-7,23H,3-5,8-13H2,(H,19,24). The maximum atomic E-state index is 12.9. The Labute approximate surface area is 146 Å². The molecule has 1 fully saturated rings. The normalized spacial score (nSPS) is 14.2. The van der Waals surface area contributed by atoms with Crippen LogP contribution in [0.3, 0.4) is 0 Å². The molecule has 0 bridgehead atoms. The van der Waals surface area contributed by atoms with Gasteiger partial charge in [-0.25, -0.2) is 4.98 Å². The van der Waals surface area contributed by atoms with E-state index >= 15 is 0 Å². The molecule has 7 heteroatoms. The van der Waals surface area contributed by atoms with Crippen LogP contribution in [-0.4, -0.2) is 46.8 Å². The van der Waals surface area contributed by atoms with Crippen molar-refractivity contribution < 1.29 is 9.90 Å². The van der Waals surface area contributed by atoms with Gasteiger partial charge in [0.05, 0.1) is 11.0 Å². The Bertz CT molecular complexity index is 796. The van der Waals surface area contributed by atoms with E-state index in [1.807, 2.05) is 29.2 Å². The number of aliphatic hydroxyl groups excluding tert-OH is 1. The highest BCUT2D eigenvalue weighted by Gasteiger charge is 2.20. The van der Waals surface area contributed by atoms with E-state index in [-0.39, 0.29) is 24.5 Å². The number of aromatic nitrogens is 2. The van der Waals surface area contributed by atoms with Crippen LogP contribution in [-0.2, 0) is 11.3 Å². The van der Waals surface area contributed by atoms with E-state index in [1.165, 1.54) is 0 Å². The number of carbonyl (C=O) groups excluding carboxylic acids is 1. The molecule has 1 aliphatic heterocycles. The molecule has 0 radical (unpaired) electrons. The molecule has 25 heavy (non-hydrogen) atoms. The van der Waals surface area contributed by atoms with Crippen molar-refractivity contribution in [2.75, 3.05) is 31.1 Å². The molecule has 2 aromatic rings. The number of hydrogen-bond acceptors (Lipinski definition) is 5. The zero-order valence-electron chi connectivity index (χ0n) is 14.3. The van der Waals surface area contributed by atoms with Gasteiger partial charge in [-0.3, -0.25) is 9.59 Å². The van der Waals surface area contributed by atoms with Crippen LogP contribution < -0.4 is 15.8 Å².